The largest absolute Gasteiger partial charge is 0.463 e. The molecule has 4 rings (SSSR count). The Bertz CT molecular complexity index is 1170. The molecule has 4 aromatic rings. The van der Waals surface area contributed by atoms with Crippen molar-refractivity contribution in [2.24, 2.45) is 5.10 Å². The topological polar surface area (TPSA) is 150 Å². The van der Waals surface area contributed by atoms with Crippen molar-refractivity contribution in [3.8, 4) is 5.82 Å². The third kappa shape index (κ3) is 4.07. The van der Waals surface area contributed by atoms with Crippen molar-refractivity contribution in [2.45, 2.75) is 17.6 Å². The standard InChI is InChI=1S/C18H16N8O3S/c1-11(14-8-5-9-28-14)20-22-18(27)15-13(10-30-12-6-3-2-4-7-12)26(25-21-15)17-16(19)23-29-24-17/h2-9H,10H2,1H3,(H2,19,23)(H,22,27). The highest BCUT2D eigenvalue weighted by Crippen LogP contribution is 2.25. The summed E-state index contributed by atoms with van der Waals surface area (Å²) in [7, 11) is 0. The lowest BCUT2D eigenvalue weighted by atomic mass is 10.3. The van der Waals surface area contributed by atoms with Crippen LogP contribution in [0.15, 0.2) is 67.8 Å². The Kier molecular flexibility index (Phi) is 5.57. The molecule has 0 aliphatic heterocycles. The van der Waals surface area contributed by atoms with Crippen molar-refractivity contribution in [1.82, 2.24) is 30.7 Å². The van der Waals surface area contributed by atoms with Crippen molar-refractivity contribution in [1.29, 1.82) is 0 Å². The molecule has 0 bridgehead atoms. The Balaban J connectivity index is 1.61. The van der Waals surface area contributed by atoms with E-state index in [-0.39, 0.29) is 17.3 Å². The second kappa shape index (κ2) is 8.61. The average Bonchev–Trinajstić information content (AvgIpc) is 3.51. The fourth-order valence-electron chi connectivity index (χ4n) is 2.51. The number of rotatable bonds is 7. The molecule has 3 heterocycles. The number of hydrogen-bond donors (Lipinski definition) is 2. The molecular formula is C18H16N8O3S. The van der Waals surface area contributed by atoms with Gasteiger partial charge in [-0.05, 0) is 41.5 Å². The van der Waals surface area contributed by atoms with E-state index in [2.05, 4.69) is 35.8 Å². The Hall–Kier alpha value is -3.93. The number of nitrogens with two attached hydrogens (primary N) is 1. The van der Waals surface area contributed by atoms with Gasteiger partial charge in [0, 0.05) is 10.6 Å². The molecule has 1 aromatic carbocycles. The van der Waals surface area contributed by atoms with Crippen molar-refractivity contribution in [3.05, 3.63) is 65.9 Å². The Morgan fingerprint density at radius 2 is 2.07 bits per heavy atom. The maximum Gasteiger partial charge on any atom is 0.293 e. The van der Waals surface area contributed by atoms with Crippen LogP contribution in [0.5, 0.6) is 0 Å². The third-order valence-corrected chi connectivity index (χ3v) is 5.02. The summed E-state index contributed by atoms with van der Waals surface area (Å²) in [5, 5.41) is 19.4. The Labute approximate surface area is 174 Å². The number of nitrogen functional groups attached to an aromatic ring is 1. The van der Waals surface area contributed by atoms with Crippen LogP contribution in [0.25, 0.3) is 5.82 Å². The lowest BCUT2D eigenvalue weighted by Gasteiger charge is -2.06. The van der Waals surface area contributed by atoms with Crippen LogP contribution in [-0.2, 0) is 5.75 Å². The molecular weight excluding hydrogens is 408 g/mol. The molecule has 1 amide bonds. The zero-order valence-electron chi connectivity index (χ0n) is 15.7. The monoisotopic (exact) mass is 424 g/mol. The van der Waals surface area contributed by atoms with Crippen LogP contribution in [0.1, 0.15) is 28.9 Å². The molecule has 0 fully saturated rings. The Morgan fingerprint density at radius 1 is 1.23 bits per heavy atom. The minimum absolute atomic E-state index is 0.0319. The highest BCUT2D eigenvalue weighted by atomic mass is 32.2. The number of thioether (sulfide) groups is 1. The summed E-state index contributed by atoms with van der Waals surface area (Å²) in [5.41, 5.74) is 9.32. The SMILES string of the molecule is CC(=NNC(=O)c1nnn(-c2nonc2N)c1CSc1ccccc1)c1ccco1. The van der Waals surface area contributed by atoms with Gasteiger partial charge in [-0.1, -0.05) is 23.4 Å². The third-order valence-electron chi connectivity index (χ3n) is 4.00. The molecule has 0 aliphatic rings. The molecule has 3 N–H and O–H groups in total. The van der Waals surface area contributed by atoms with Gasteiger partial charge in [0.1, 0.15) is 11.5 Å². The Morgan fingerprint density at radius 3 is 2.77 bits per heavy atom. The molecule has 0 saturated heterocycles. The summed E-state index contributed by atoms with van der Waals surface area (Å²) in [6.07, 6.45) is 1.52. The summed E-state index contributed by atoms with van der Waals surface area (Å²) >= 11 is 1.50. The summed E-state index contributed by atoms with van der Waals surface area (Å²) in [6.45, 7) is 1.71. The summed E-state index contributed by atoms with van der Waals surface area (Å²) in [5.74, 6) is 0.559. The van der Waals surface area contributed by atoms with Gasteiger partial charge in [0.05, 0.1) is 12.0 Å². The van der Waals surface area contributed by atoms with E-state index in [0.29, 0.717) is 22.9 Å². The minimum atomic E-state index is -0.536. The number of nitrogens with zero attached hydrogens (tertiary/aromatic N) is 6. The van der Waals surface area contributed by atoms with Gasteiger partial charge in [0.25, 0.3) is 5.91 Å². The molecule has 30 heavy (non-hydrogen) atoms. The molecule has 0 saturated carbocycles. The summed E-state index contributed by atoms with van der Waals surface area (Å²) in [4.78, 5) is 13.8. The van der Waals surface area contributed by atoms with Gasteiger partial charge in [0.2, 0.25) is 11.6 Å². The van der Waals surface area contributed by atoms with Gasteiger partial charge in [-0.15, -0.1) is 16.9 Å². The van der Waals surface area contributed by atoms with Crippen molar-refractivity contribution < 1.29 is 13.8 Å². The summed E-state index contributed by atoms with van der Waals surface area (Å²) < 4.78 is 11.2. The molecule has 0 radical (unpaired) electrons. The summed E-state index contributed by atoms with van der Waals surface area (Å²) in [6, 6.07) is 13.2. The number of carbonyl (C=O) groups excluding carboxylic acids is 1. The molecule has 152 valence electrons. The van der Waals surface area contributed by atoms with E-state index < -0.39 is 5.91 Å². The zero-order valence-corrected chi connectivity index (χ0v) is 16.5. The number of hydrogen-bond acceptors (Lipinski definition) is 10. The number of furan rings is 1. The zero-order chi connectivity index (χ0) is 20.9. The maximum absolute atomic E-state index is 12.8. The minimum Gasteiger partial charge on any atom is -0.463 e. The molecule has 11 nitrogen and oxygen atoms in total. The van der Waals surface area contributed by atoms with Crippen molar-refractivity contribution in [2.75, 3.05) is 5.73 Å². The van der Waals surface area contributed by atoms with Crippen LogP contribution in [0.3, 0.4) is 0 Å². The van der Waals surface area contributed by atoms with Gasteiger partial charge in [0.15, 0.2) is 5.69 Å². The van der Waals surface area contributed by atoms with Crippen LogP contribution >= 0.6 is 11.8 Å². The predicted octanol–water partition coefficient (Wildman–Crippen LogP) is 2.27. The van der Waals surface area contributed by atoms with E-state index in [1.807, 2.05) is 30.3 Å². The maximum atomic E-state index is 12.8. The molecule has 0 atom stereocenters. The molecule has 0 spiro atoms. The number of hydrazone groups is 1. The lowest BCUT2D eigenvalue weighted by Crippen LogP contribution is -2.21. The van der Waals surface area contributed by atoms with E-state index in [4.69, 9.17) is 10.2 Å². The first-order chi connectivity index (χ1) is 14.6. The van der Waals surface area contributed by atoms with Crippen LogP contribution in [-0.4, -0.2) is 36.9 Å². The van der Waals surface area contributed by atoms with E-state index in [1.54, 1.807) is 19.1 Å². The average molecular weight is 424 g/mol. The second-order valence-electron chi connectivity index (χ2n) is 5.99. The van der Waals surface area contributed by atoms with Crippen LogP contribution < -0.4 is 11.2 Å². The van der Waals surface area contributed by atoms with Gasteiger partial charge >= 0.3 is 0 Å². The fraction of sp³-hybridized carbons (Fsp3) is 0.111. The van der Waals surface area contributed by atoms with Crippen LogP contribution in [0.4, 0.5) is 5.82 Å². The highest BCUT2D eigenvalue weighted by molar-refractivity contribution is 7.98. The van der Waals surface area contributed by atoms with E-state index >= 15 is 0 Å². The van der Waals surface area contributed by atoms with Crippen molar-refractivity contribution >= 4 is 29.2 Å². The van der Waals surface area contributed by atoms with Gasteiger partial charge in [-0.3, -0.25) is 4.79 Å². The smallest absolute Gasteiger partial charge is 0.293 e. The van der Waals surface area contributed by atoms with E-state index in [1.165, 1.54) is 22.7 Å². The highest BCUT2D eigenvalue weighted by Gasteiger charge is 2.24. The van der Waals surface area contributed by atoms with Crippen LogP contribution in [0.2, 0.25) is 0 Å². The number of benzene rings is 1. The fourth-order valence-corrected chi connectivity index (χ4v) is 3.42. The number of anilines is 1. The van der Waals surface area contributed by atoms with Gasteiger partial charge in [-0.2, -0.15) is 9.78 Å². The van der Waals surface area contributed by atoms with E-state index in [9.17, 15) is 4.79 Å². The molecule has 3 aromatic heterocycles. The number of carbonyl (C=O) groups is 1. The number of amides is 1. The van der Waals surface area contributed by atoms with Crippen LogP contribution in [0, 0.1) is 0 Å². The molecule has 0 aliphatic carbocycles. The normalized spacial score (nSPS) is 11.6. The molecule has 12 heteroatoms. The number of nitrogens with one attached hydrogen (secondary N) is 1. The van der Waals surface area contributed by atoms with Gasteiger partial charge < -0.3 is 10.2 Å². The first kappa shape index (κ1) is 19.4. The first-order valence-corrected chi connectivity index (χ1v) is 9.71. The molecule has 0 unspecified atom stereocenters. The lowest BCUT2D eigenvalue weighted by molar-refractivity contribution is 0.0949. The predicted molar refractivity (Wildman–Crippen MR) is 108 cm³/mol. The van der Waals surface area contributed by atoms with Crippen molar-refractivity contribution in [3.63, 3.8) is 0 Å². The van der Waals surface area contributed by atoms with E-state index in [0.717, 1.165) is 4.90 Å². The first-order valence-electron chi connectivity index (χ1n) is 8.73. The quantitative estimate of drug-likeness (QED) is 0.259. The number of aromatic nitrogens is 5. The van der Waals surface area contributed by atoms with Gasteiger partial charge in [-0.25, -0.2) is 10.1 Å². The second-order valence-corrected chi connectivity index (χ2v) is 7.04.